The fourth-order valence-corrected chi connectivity index (χ4v) is 4.27. The summed E-state index contributed by atoms with van der Waals surface area (Å²) in [6.07, 6.45) is 4.54. The number of nitrogens with zero attached hydrogens (tertiary/aromatic N) is 2. The summed E-state index contributed by atoms with van der Waals surface area (Å²) in [6, 6.07) is 16.2. The number of carbonyl (C=O) groups is 1. The van der Waals surface area contributed by atoms with Gasteiger partial charge in [0.2, 0.25) is 10.0 Å². The first-order valence-electron chi connectivity index (χ1n) is 10.3. The molecule has 9 heteroatoms. The van der Waals surface area contributed by atoms with Crippen molar-refractivity contribution in [2.24, 2.45) is 0 Å². The molecule has 0 spiro atoms. The summed E-state index contributed by atoms with van der Waals surface area (Å²) in [5.41, 5.74) is 4.08. The van der Waals surface area contributed by atoms with Crippen LogP contribution in [-0.2, 0) is 20.2 Å². The van der Waals surface area contributed by atoms with Crippen LogP contribution in [0.25, 0.3) is 33.3 Å². The van der Waals surface area contributed by atoms with Crippen LogP contribution in [0.4, 0.5) is 5.69 Å². The summed E-state index contributed by atoms with van der Waals surface area (Å²) in [6.45, 7) is 3.32. The average molecular weight is 475 g/mol. The summed E-state index contributed by atoms with van der Waals surface area (Å²) < 4.78 is 25.8. The van der Waals surface area contributed by atoms with Gasteiger partial charge in [0.25, 0.3) is 0 Å². The van der Waals surface area contributed by atoms with Crippen molar-refractivity contribution in [2.45, 2.75) is 19.3 Å². The van der Waals surface area contributed by atoms with Gasteiger partial charge in [-0.15, -0.1) is 0 Å². The van der Waals surface area contributed by atoms with E-state index in [1.165, 1.54) is 6.07 Å². The van der Waals surface area contributed by atoms with Crippen LogP contribution in [0, 0.1) is 11.3 Å². The fourth-order valence-electron chi connectivity index (χ4n) is 3.72. The maximum Gasteiger partial charge on any atom is 0.313 e. The number of H-pyrrole nitrogens is 1. The SMILES string of the molecule is CC(C)(C(=O)O)c1ccc(-c2cnc3[nH]cc(-c4cc(C#N)cc(NS(C)(=O)=O)c4)c3c2)cc1. The van der Waals surface area contributed by atoms with Crippen LogP contribution in [0.1, 0.15) is 25.0 Å². The molecule has 0 aliphatic carbocycles. The first-order chi connectivity index (χ1) is 16.0. The Morgan fingerprint density at radius 2 is 1.79 bits per heavy atom. The number of nitrogens with one attached hydrogen (secondary N) is 2. The molecule has 34 heavy (non-hydrogen) atoms. The highest BCUT2D eigenvalue weighted by atomic mass is 32.2. The molecule has 2 aromatic carbocycles. The van der Waals surface area contributed by atoms with Gasteiger partial charge in [-0.05, 0) is 54.8 Å². The Morgan fingerprint density at radius 1 is 1.09 bits per heavy atom. The lowest BCUT2D eigenvalue weighted by Crippen LogP contribution is -2.28. The van der Waals surface area contributed by atoms with Crippen LogP contribution < -0.4 is 4.72 Å². The lowest BCUT2D eigenvalue weighted by Gasteiger charge is -2.19. The van der Waals surface area contributed by atoms with Crippen LogP contribution in [0.5, 0.6) is 0 Å². The van der Waals surface area contributed by atoms with Crippen LogP contribution in [0.3, 0.4) is 0 Å². The first-order valence-corrected chi connectivity index (χ1v) is 12.2. The van der Waals surface area contributed by atoms with Gasteiger partial charge in [0.15, 0.2) is 0 Å². The molecule has 2 aromatic heterocycles. The number of anilines is 1. The number of carboxylic acid groups (broad SMARTS) is 1. The number of sulfonamides is 1. The van der Waals surface area contributed by atoms with Crippen molar-refractivity contribution in [3.63, 3.8) is 0 Å². The van der Waals surface area contributed by atoms with Gasteiger partial charge >= 0.3 is 5.97 Å². The third-order valence-electron chi connectivity index (χ3n) is 5.68. The summed E-state index contributed by atoms with van der Waals surface area (Å²) in [5.74, 6) is -0.898. The molecule has 4 aromatic rings. The largest absolute Gasteiger partial charge is 0.481 e. The Morgan fingerprint density at radius 3 is 2.41 bits per heavy atom. The maximum absolute atomic E-state index is 11.7. The normalized spacial score (nSPS) is 11.8. The van der Waals surface area contributed by atoms with Gasteiger partial charge in [0.1, 0.15) is 5.65 Å². The molecule has 0 amide bonds. The van der Waals surface area contributed by atoms with Gasteiger partial charge in [0.05, 0.1) is 29.0 Å². The summed E-state index contributed by atoms with van der Waals surface area (Å²) >= 11 is 0. The Bertz CT molecular complexity index is 1560. The predicted molar refractivity (Wildman–Crippen MR) is 131 cm³/mol. The lowest BCUT2D eigenvalue weighted by atomic mass is 9.84. The van der Waals surface area contributed by atoms with Gasteiger partial charge in [-0.1, -0.05) is 24.3 Å². The summed E-state index contributed by atoms with van der Waals surface area (Å²) in [7, 11) is -3.51. The van der Waals surface area contributed by atoms with Crippen LogP contribution in [0.15, 0.2) is 60.9 Å². The number of hydrogen-bond acceptors (Lipinski definition) is 5. The molecule has 0 atom stereocenters. The zero-order valence-corrected chi connectivity index (χ0v) is 19.6. The Hall–Kier alpha value is -4.16. The van der Waals surface area contributed by atoms with E-state index in [0.717, 1.165) is 28.3 Å². The average Bonchev–Trinajstić information content (AvgIpc) is 3.21. The van der Waals surface area contributed by atoms with E-state index in [9.17, 15) is 23.6 Å². The predicted octanol–water partition coefficient (Wildman–Crippen LogP) is 4.50. The molecule has 2 heterocycles. The second-order valence-electron chi connectivity index (χ2n) is 8.62. The molecule has 8 nitrogen and oxygen atoms in total. The number of rotatable bonds is 6. The van der Waals surface area contributed by atoms with Gasteiger partial charge in [-0.2, -0.15) is 5.26 Å². The van der Waals surface area contributed by atoms with Crippen LogP contribution in [0.2, 0.25) is 0 Å². The van der Waals surface area contributed by atoms with E-state index in [1.54, 1.807) is 50.5 Å². The fraction of sp³-hybridized carbons (Fsp3) is 0.160. The summed E-state index contributed by atoms with van der Waals surface area (Å²) in [5, 5.41) is 19.7. The Kier molecular flexibility index (Phi) is 5.63. The molecule has 0 aliphatic heterocycles. The number of benzene rings is 2. The zero-order valence-electron chi connectivity index (χ0n) is 18.7. The molecular weight excluding hydrogens is 452 g/mol. The van der Waals surface area contributed by atoms with E-state index >= 15 is 0 Å². The molecule has 0 bridgehead atoms. The second kappa shape index (κ2) is 8.32. The Labute approximate surface area is 197 Å². The number of fused-ring (bicyclic) bond motifs is 1. The number of hydrogen-bond donors (Lipinski definition) is 3. The highest BCUT2D eigenvalue weighted by Gasteiger charge is 2.29. The number of aromatic amines is 1. The molecule has 4 rings (SSSR count). The molecule has 172 valence electrons. The molecule has 0 aliphatic rings. The maximum atomic E-state index is 11.7. The lowest BCUT2D eigenvalue weighted by molar-refractivity contribution is -0.142. The highest BCUT2D eigenvalue weighted by Crippen LogP contribution is 2.34. The van der Waals surface area contributed by atoms with E-state index < -0.39 is 21.4 Å². The third kappa shape index (κ3) is 4.49. The number of aliphatic carboxylic acids is 1. The summed E-state index contributed by atoms with van der Waals surface area (Å²) in [4.78, 5) is 19.2. The van der Waals surface area contributed by atoms with Crippen molar-refractivity contribution in [2.75, 3.05) is 11.0 Å². The topological polar surface area (TPSA) is 136 Å². The smallest absolute Gasteiger partial charge is 0.313 e. The van der Waals surface area contributed by atoms with Crippen molar-refractivity contribution in [3.05, 3.63) is 72.1 Å². The van der Waals surface area contributed by atoms with Gasteiger partial charge < -0.3 is 10.1 Å². The first kappa shape index (κ1) is 23.0. The molecule has 0 radical (unpaired) electrons. The molecular formula is C25H22N4O4S. The highest BCUT2D eigenvalue weighted by molar-refractivity contribution is 7.92. The minimum absolute atomic E-state index is 0.298. The second-order valence-corrected chi connectivity index (χ2v) is 10.4. The van der Waals surface area contributed by atoms with Crippen molar-refractivity contribution in [1.29, 1.82) is 5.26 Å². The minimum atomic E-state index is -3.51. The minimum Gasteiger partial charge on any atom is -0.481 e. The van der Waals surface area contributed by atoms with Gasteiger partial charge in [-0.25, -0.2) is 13.4 Å². The standard InChI is InChI=1S/C25H22N4O4S/c1-25(2,24(30)31)19-6-4-16(5-7-19)18-11-21-22(14-28-23(21)27-13-18)17-8-15(12-26)9-20(10-17)29-34(3,32)33/h4-11,13-14,29H,1-3H3,(H,27,28)(H,30,31). The number of nitriles is 1. The van der Waals surface area contributed by atoms with Crippen molar-refractivity contribution in [1.82, 2.24) is 9.97 Å². The van der Waals surface area contributed by atoms with E-state index in [0.29, 0.717) is 28.0 Å². The van der Waals surface area contributed by atoms with Crippen molar-refractivity contribution < 1.29 is 18.3 Å². The van der Waals surface area contributed by atoms with Crippen LogP contribution in [-0.4, -0.2) is 35.7 Å². The van der Waals surface area contributed by atoms with Crippen LogP contribution >= 0.6 is 0 Å². The van der Waals surface area contributed by atoms with Gasteiger partial charge in [0, 0.05) is 28.9 Å². The molecule has 0 unspecified atom stereocenters. The number of aromatic nitrogens is 2. The van der Waals surface area contributed by atoms with E-state index in [1.807, 2.05) is 18.2 Å². The van der Waals surface area contributed by atoms with Crippen molar-refractivity contribution >= 4 is 32.7 Å². The monoisotopic (exact) mass is 474 g/mol. The number of pyridine rings is 1. The molecule has 0 saturated carbocycles. The molecule has 0 saturated heterocycles. The zero-order chi connectivity index (χ0) is 24.7. The van der Waals surface area contributed by atoms with E-state index in [-0.39, 0.29) is 0 Å². The van der Waals surface area contributed by atoms with E-state index in [4.69, 9.17) is 0 Å². The Balaban J connectivity index is 1.78. The van der Waals surface area contributed by atoms with E-state index in [2.05, 4.69) is 20.8 Å². The number of carboxylic acids is 1. The third-order valence-corrected chi connectivity index (χ3v) is 6.29. The van der Waals surface area contributed by atoms with Crippen molar-refractivity contribution in [3.8, 4) is 28.3 Å². The van der Waals surface area contributed by atoms with Gasteiger partial charge in [-0.3, -0.25) is 9.52 Å². The molecule has 3 N–H and O–H groups in total. The quantitative estimate of drug-likeness (QED) is 0.376. The molecule has 0 fully saturated rings.